The van der Waals surface area contributed by atoms with Crippen molar-refractivity contribution in [1.29, 1.82) is 0 Å². The van der Waals surface area contributed by atoms with Crippen molar-refractivity contribution >= 4 is 5.91 Å². The van der Waals surface area contributed by atoms with E-state index in [0.29, 0.717) is 25.3 Å². The van der Waals surface area contributed by atoms with E-state index in [1.807, 2.05) is 29.2 Å². The molecule has 0 radical (unpaired) electrons. The summed E-state index contributed by atoms with van der Waals surface area (Å²) in [5, 5.41) is 9.26. The van der Waals surface area contributed by atoms with Crippen LogP contribution in [-0.4, -0.2) is 29.0 Å². The first kappa shape index (κ1) is 15.5. The Bertz CT molecular complexity index is 667. The van der Waals surface area contributed by atoms with E-state index in [4.69, 9.17) is 0 Å². The third-order valence-electron chi connectivity index (χ3n) is 4.45. The number of aryl methyl sites for hydroxylation is 1. The van der Waals surface area contributed by atoms with Crippen molar-refractivity contribution in [3.63, 3.8) is 0 Å². The second-order valence-corrected chi connectivity index (χ2v) is 6.04. The van der Waals surface area contributed by atoms with Crippen molar-refractivity contribution < 1.29 is 14.3 Å². The molecule has 3 rings (SSSR count). The predicted octanol–water partition coefficient (Wildman–Crippen LogP) is 3.48. The van der Waals surface area contributed by atoms with Gasteiger partial charge >= 0.3 is 0 Å². The SMILES string of the molecule is O=C(CCc1ccc(O)cc1)N1CCC(c2ccc(F)cc2)C1. The first-order valence-corrected chi connectivity index (χ1v) is 7.93. The number of amides is 1. The Labute approximate surface area is 135 Å². The van der Waals surface area contributed by atoms with E-state index in [1.165, 1.54) is 12.1 Å². The van der Waals surface area contributed by atoms with Gasteiger partial charge in [0, 0.05) is 25.4 Å². The highest BCUT2D eigenvalue weighted by molar-refractivity contribution is 5.76. The molecule has 1 aliphatic rings. The van der Waals surface area contributed by atoms with E-state index in [0.717, 1.165) is 24.1 Å². The van der Waals surface area contributed by atoms with Crippen molar-refractivity contribution in [3.05, 3.63) is 65.5 Å². The van der Waals surface area contributed by atoms with E-state index in [1.54, 1.807) is 12.1 Å². The number of rotatable bonds is 4. The summed E-state index contributed by atoms with van der Waals surface area (Å²) >= 11 is 0. The highest BCUT2D eigenvalue weighted by Gasteiger charge is 2.26. The van der Waals surface area contributed by atoms with E-state index in [-0.39, 0.29) is 17.5 Å². The van der Waals surface area contributed by atoms with E-state index >= 15 is 0 Å². The molecule has 1 N–H and O–H groups in total. The standard InChI is InChI=1S/C19H20FNO2/c20-17-6-4-15(5-7-17)16-11-12-21(13-16)19(23)10-3-14-1-8-18(22)9-2-14/h1-2,4-9,16,22H,3,10-13H2. The van der Waals surface area contributed by atoms with Gasteiger partial charge in [-0.3, -0.25) is 4.79 Å². The van der Waals surface area contributed by atoms with Gasteiger partial charge in [0.05, 0.1) is 0 Å². The molecule has 0 spiro atoms. The van der Waals surface area contributed by atoms with Gasteiger partial charge in [0.15, 0.2) is 0 Å². The molecule has 1 unspecified atom stereocenters. The average Bonchev–Trinajstić information content (AvgIpc) is 3.05. The molecule has 1 saturated heterocycles. The predicted molar refractivity (Wildman–Crippen MR) is 86.8 cm³/mol. The van der Waals surface area contributed by atoms with Gasteiger partial charge in [-0.05, 0) is 48.2 Å². The maximum atomic E-state index is 13.0. The summed E-state index contributed by atoms with van der Waals surface area (Å²) in [6.07, 6.45) is 2.08. The maximum Gasteiger partial charge on any atom is 0.222 e. The Hall–Kier alpha value is -2.36. The number of halogens is 1. The van der Waals surface area contributed by atoms with E-state index < -0.39 is 0 Å². The number of phenols is 1. The van der Waals surface area contributed by atoms with Gasteiger partial charge < -0.3 is 10.0 Å². The molecule has 1 aliphatic heterocycles. The monoisotopic (exact) mass is 313 g/mol. The van der Waals surface area contributed by atoms with Gasteiger partial charge in [0.1, 0.15) is 11.6 Å². The molecule has 0 saturated carbocycles. The molecule has 2 aromatic carbocycles. The van der Waals surface area contributed by atoms with Crippen LogP contribution in [0.1, 0.15) is 29.9 Å². The van der Waals surface area contributed by atoms with Crippen LogP contribution in [0.25, 0.3) is 0 Å². The van der Waals surface area contributed by atoms with Crippen molar-refractivity contribution in [3.8, 4) is 5.75 Å². The molecule has 1 fully saturated rings. The number of carbonyl (C=O) groups excluding carboxylic acids is 1. The van der Waals surface area contributed by atoms with Crippen LogP contribution in [0.4, 0.5) is 4.39 Å². The highest BCUT2D eigenvalue weighted by Crippen LogP contribution is 2.27. The summed E-state index contributed by atoms with van der Waals surface area (Å²) in [5.74, 6) is 0.464. The molecule has 0 bridgehead atoms. The van der Waals surface area contributed by atoms with Gasteiger partial charge in [0.2, 0.25) is 5.91 Å². The molecule has 120 valence electrons. The summed E-state index contributed by atoms with van der Waals surface area (Å²) < 4.78 is 13.0. The zero-order valence-corrected chi connectivity index (χ0v) is 12.9. The Kier molecular flexibility index (Phi) is 4.60. The van der Waals surface area contributed by atoms with Gasteiger partial charge in [-0.2, -0.15) is 0 Å². The fraction of sp³-hybridized carbons (Fsp3) is 0.316. The van der Waals surface area contributed by atoms with Crippen molar-refractivity contribution in [1.82, 2.24) is 4.90 Å². The highest BCUT2D eigenvalue weighted by atomic mass is 19.1. The van der Waals surface area contributed by atoms with Crippen LogP contribution in [-0.2, 0) is 11.2 Å². The summed E-state index contributed by atoms with van der Waals surface area (Å²) in [6.45, 7) is 1.47. The van der Waals surface area contributed by atoms with Crippen LogP contribution < -0.4 is 0 Å². The van der Waals surface area contributed by atoms with Crippen LogP contribution in [0, 0.1) is 5.82 Å². The van der Waals surface area contributed by atoms with Crippen LogP contribution in [0.5, 0.6) is 5.75 Å². The number of hydrogen-bond donors (Lipinski definition) is 1. The van der Waals surface area contributed by atoms with E-state index in [2.05, 4.69) is 0 Å². The van der Waals surface area contributed by atoms with Crippen LogP contribution >= 0.6 is 0 Å². The molecule has 1 heterocycles. The number of hydrogen-bond acceptors (Lipinski definition) is 2. The lowest BCUT2D eigenvalue weighted by Crippen LogP contribution is -2.28. The number of likely N-dealkylation sites (tertiary alicyclic amines) is 1. The normalized spacial score (nSPS) is 17.4. The Balaban J connectivity index is 1.53. The largest absolute Gasteiger partial charge is 0.508 e. The van der Waals surface area contributed by atoms with Crippen molar-refractivity contribution in [2.24, 2.45) is 0 Å². The Morgan fingerprint density at radius 3 is 2.52 bits per heavy atom. The average molecular weight is 313 g/mol. The second-order valence-electron chi connectivity index (χ2n) is 6.04. The minimum atomic E-state index is -0.228. The molecule has 3 nitrogen and oxygen atoms in total. The van der Waals surface area contributed by atoms with Gasteiger partial charge in [-0.25, -0.2) is 4.39 Å². The number of phenolic OH excluding ortho intramolecular Hbond substituents is 1. The fourth-order valence-corrected chi connectivity index (χ4v) is 3.07. The molecule has 1 amide bonds. The lowest BCUT2D eigenvalue weighted by molar-refractivity contribution is -0.130. The van der Waals surface area contributed by atoms with Crippen LogP contribution in [0.2, 0.25) is 0 Å². The first-order valence-electron chi connectivity index (χ1n) is 7.93. The van der Waals surface area contributed by atoms with Gasteiger partial charge in [-0.15, -0.1) is 0 Å². The molecule has 23 heavy (non-hydrogen) atoms. The van der Waals surface area contributed by atoms with E-state index in [9.17, 15) is 14.3 Å². The zero-order valence-electron chi connectivity index (χ0n) is 12.9. The smallest absolute Gasteiger partial charge is 0.222 e. The lowest BCUT2D eigenvalue weighted by atomic mass is 9.99. The quantitative estimate of drug-likeness (QED) is 0.939. The third kappa shape index (κ3) is 3.89. The van der Waals surface area contributed by atoms with Crippen molar-refractivity contribution in [2.45, 2.75) is 25.2 Å². The summed E-state index contributed by atoms with van der Waals surface area (Å²) in [5.41, 5.74) is 2.14. The van der Waals surface area contributed by atoms with Crippen LogP contribution in [0.15, 0.2) is 48.5 Å². The second kappa shape index (κ2) is 6.82. The van der Waals surface area contributed by atoms with Gasteiger partial charge in [-0.1, -0.05) is 24.3 Å². The minimum Gasteiger partial charge on any atom is -0.508 e. The third-order valence-corrected chi connectivity index (χ3v) is 4.45. The first-order chi connectivity index (χ1) is 11.1. The maximum absolute atomic E-state index is 13.0. The number of benzene rings is 2. The summed E-state index contributed by atoms with van der Waals surface area (Å²) in [7, 11) is 0. The fourth-order valence-electron chi connectivity index (χ4n) is 3.07. The Morgan fingerprint density at radius 2 is 1.83 bits per heavy atom. The molecular formula is C19H20FNO2. The molecule has 1 atom stereocenters. The number of aromatic hydroxyl groups is 1. The van der Waals surface area contributed by atoms with Crippen LogP contribution in [0.3, 0.4) is 0 Å². The van der Waals surface area contributed by atoms with Crippen molar-refractivity contribution in [2.75, 3.05) is 13.1 Å². The molecule has 2 aromatic rings. The zero-order chi connectivity index (χ0) is 16.2. The molecule has 4 heteroatoms. The van der Waals surface area contributed by atoms with Gasteiger partial charge in [0.25, 0.3) is 0 Å². The minimum absolute atomic E-state index is 0.155. The molecular weight excluding hydrogens is 293 g/mol. The topological polar surface area (TPSA) is 40.5 Å². The number of carbonyl (C=O) groups is 1. The molecule has 0 aromatic heterocycles. The summed E-state index contributed by atoms with van der Waals surface area (Å²) in [4.78, 5) is 14.2. The molecule has 0 aliphatic carbocycles. The summed E-state index contributed by atoms with van der Waals surface area (Å²) in [6, 6.07) is 13.5. The Morgan fingerprint density at radius 1 is 1.13 bits per heavy atom. The lowest BCUT2D eigenvalue weighted by Gasteiger charge is -2.17. The number of nitrogens with zero attached hydrogens (tertiary/aromatic N) is 1.